The summed E-state index contributed by atoms with van der Waals surface area (Å²) < 4.78 is 5.91. The molecule has 0 saturated carbocycles. The predicted octanol–water partition coefficient (Wildman–Crippen LogP) is 4.00. The van der Waals surface area contributed by atoms with Crippen molar-refractivity contribution in [3.05, 3.63) is 65.7 Å². The van der Waals surface area contributed by atoms with Gasteiger partial charge in [0.15, 0.2) is 0 Å². The molecule has 0 saturated heterocycles. The largest absolute Gasteiger partial charge is 0.489 e. The van der Waals surface area contributed by atoms with Crippen LogP contribution in [0.15, 0.2) is 54.6 Å². The van der Waals surface area contributed by atoms with E-state index in [2.05, 4.69) is 28.5 Å². The number of likely N-dealkylation sites (N-methyl/N-ethyl adjacent to an activating group) is 1. The van der Waals surface area contributed by atoms with E-state index in [0.717, 1.165) is 35.2 Å². The van der Waals surface area contributed by atoms with Crippen LogP contribution in [0.25, 0.3) is 10.9 Å². The highest BCUT2D eigenvalue weighted by Crippen LogP contribution is 2.19. The number of ether oxygens (including phenoxy) is 1. The van der Waals surface area contributed by atoms with Crippen LogP contribution in [0.3, 0.4) is 0 Å². The molecule has 0 amide bonds. The third-order valence-electron chi connectivity index (χ3n) is 3.75. The average Bonchev–Trinajstić information content (AvgIpc) is 2.58. The van der Waals surface area contributed by atoms with E-state index in [1.807, 2.05) is 43.4 Å². The molecule has 0 unspecified atom stereocenters. The fourth-order valence-electron chi connectivity index (χ4n) is 2.50. The zero-order valence-corrected chi connectivity index (χ0v) is 15.7. The van der Waals surface area contributed by atoms with Gasteiger partial charge in [-0.3, -0.25) is 0 Å². The molecule has 1 heterocycles. The molecule has 6 heteroatoms. The van der Waals surface area contributed by atoms with Crippen LogP contribution in [0.4, 0.5) is 5.82 Å². The van der Waals surface area contributed by atoms with Crippen LogP contribution in [0.1, 0.15) is 11.1 Å². The molecule has 1 aromatic heterocycles. The van der Waals surface area contributed by atoms with Crippen LogP contribution >= 0.6 is 24.8 Å². The Kier molecular flexibility index (Phi) is 8.49. The van der Waals surface area contributed by atoms with Crippen LogP contribution in [-0.2, 0) is 13.0 Å². The number of hydrogen-bond acceptors (Lipinski definition) is 4. The van der Waals surface area contributed by atoms with Gasteiger partial charge in [0, 0.05) is 5.39 Å². The maximum atomic E-state index is 5.91. The number of nitrogen functional groups attached to an aromatic ring is 1. The monoisotopic (exact) mass is 379 g/mol. The first kappa shape index (κ1) is 21.0. The molecule has 0 aliphatic heterocycles. The van der Waals surface area contributed by atoms with Gasteiger partial charge in [-0.2, -0.15) is 0 Å². The molecule has 0 fully saturated rings. The fourth-order valence-corrected chi connectivity index (χ4v) is 2.50. The van der Waals surface area contributed by atoms with Crippen molar-refractivity contribution in [2.75, 3.05) is 19.3 Å². The van der Waals surface area contributed by atoms with Gasteiger partial charge >= 0.3 is 0 Å². The van der Waals surface area contributed by atoms with E-state index in [0.29, 0.717) is 12.4 Å². The Morgan fingerprint density at radius 3 is 2.60 bits per heavy atom. The Morgan fingerprint density at radius 2 is 1.80 bits per heavy atom. The minimum Gasteiger partial charge on any atom is -0.489 e. The predicted molar refractivity (Wildman–Crippen MR) is 109 cm³/mol. The van der Waals surface area contributed by atoms with E-state index >= 15 is 0 Å². The fraction of sp³-hybridized carbons (Fsp3) is 0.211. The summed E-state index contributed by atoms with van der Waals surface area (Å²) in [5.74, 6) is 1.42. The maximum Gasteiger partial charge on any atom is 0.124 e. The molecule has 134 valence electrons. The first-order chi connectivity index (χ1) is 11.2. The van der Waals surface area contributed by atoms with E-state index in [1.54, 1.807) is 0 Å². The van der Waals surface area contributed by atoms with Gasteiger partial charge in [-0.1, -0.05) is 24.3 Å². The number of nitrogens with two attached hydrogens (primary N) is 1. The lowest BCUT2D eigenvalue weighted by molar-refractivity contribution is 0.306. The summed E-state index contributed by atoms with van der Waals surface area (Å²) in [4.78, 5) is 4.35. The number of halogens is 2. The van der Waals surface area contributed by atoms with Crippen LogP contribution in [0.2, 0.25) is 0 Å². The summed E-state index contributed by atoms with van der Waals surface area (Å²) in [6.45, 7) is 1.48. The summed E-state index contributed by atoms with van der Waals surface area (Å²) in [5.41, 5.74) is 8.99. The lowest BCUT2D eigenvalue weighted by Gasteiger charge is -2.09. The minimum absolute atomic E-state index is 0. The Bertz CT molecular complexity index is 812. The number of hydrogen-bond donors (Lipinski definition) is 2. The average molecular weight is 380 g/mol. The van der Waals surface area contributed by atoms with Gasteiger partial charge in [-0.05, 0) is 61.5 Å². The van der Waals surface area contributed by atoms with Crippen LogP contribution in [-0.4, -0.2) is 18.6 Å². The van der Waals surface area contributed by atoms with Crippen LogP contribution < -0.4 is 15.8 Å². The van der Waals surface area contributed by atoms with Crippen molar-refractivity contribution >= 4 is 41.5 Å². The molecule has 0 spiro atoms. The molecule has 0 bridgehead atoms. The molecule has 0 aliphatic carbocycles. The highest BCUT2D eigenvalue weighted by atomic mass is 35.5. The van der Waals surface area contributed by atoms with Gasteiger partial charge in [0.25, 0.3) is 0 Å². The molecular formula is C19H23Cl2N3O. The molecule has 25 heavy (non-hydrogen) atoms. The summed E-state index contributed by atoms with van der Waals surface area (Å²) in [5, 5.41) is 4.24. The third-order valence-corrected chi connectivity index (χ3v) is 3.75. The molecule has 0 atom stereocenters. The van der Waals surface area contributed by atoms with Crippen LogP contribution in [0.5, 0.6) is 5.75 Å². The SMILES string of the molecule is CNCCc1cccc(OCc2ccc3ccc(N)nc3c2)c1.Cl.Cl. The quantitative estimate of drug-likeness (QED) is 0.679. The third kappa shape index (κ3) is 5.78. The van der Waals surface area contributed by atoms with E-state index in [-0.39, 0.29) is 24.8 Å². The summed E-state index contributed by atoms with van der Waals surface area (Å²) in [7, 11) is 1.96. The highest BCUT2D eigenvalue weighted by molar-refractivity contribution is 5.85. The molecule has 3 N–H and O–H groups in total. The van der Waals surface area contributed by atoms with Crippen molar-refractivity contribution in [1.82, 2.24) is 10.3 Å². The smallest absolute Gasteiger partial charge is 0.124 e. The van der Waals surface area contributed by atoms with Gasteiger partial charge in [0.05, 0.1) is 5.52 Å². The van der Waals surface area contributed by atoms with Crippen molar-refractivity contribution in [3.63, 3.8) is 0 Å². The molecule has 3 rings (SSSR count). The van der Waals surface area contributed by atoms with Gasteiger partial charge in [-0.25, -0.2) is 4.98 Å². The number of benzene rings is 2. The molecule has 0 radical (unpaired) electrons. The second kappa shape index (κ2) is 10.1. The van der Waals surface area contributed by atoms with E-state index < -0.39 is 0 Å². The zero-order chi connectivity index (χ0) is 16.1. The highest BCUT2D eigenvalue weighted by Gasteiger charge is 2.01. The van der Waals surface area contributed by atoms with E-state index in [1.165, 1.54) is 5.56 Å². The number of pyridine rings is 1. The summed E-state index contributed by atoms with van der Waals surface area (Å²) in [6, 6.07) is 18.2. The van der Waals surface area contributed by atoms with Gasteiger partial charge in [-0.15, -0.1) is 24.8 Å². The summed E-state index contributed by atoms with van der Waals surface area (Å²) >= 11 is 0. The van der Waals surface area contributed by atoms with Gasteiger partial charge in [0.1, 0.15) is 18.2 Å². The standard InChI is InChI=1S/C19H21N3O.2ClH/c1-21-10-9-14-3-2-4-17(11-14)23-13-15-5-6-16-7-8-19(20)22-18(16)12-15;;/h2-8,11-12,21H,9-10,13H2,1H3,(H2,20,22);2*1H. The number of fused-ring (bicyclic) bond motifs is 1. The van der Waals surface area contributed by atoms with Crippen molar-refractivity contribution < 1.29 is 4.74 Å². The van der Waals surface area contributed by atoms with Crippen LogP contribution in [0, 0.1) is 0 Å². The normalized spacial score (nSPS) is 9.96. The Hall–Kier alpha value is -2.01. The maximum absolute atomic E-state index is 5.91. The van der Waals surface area contributed by atoms with Crippen molar-refractivity contribution in [2.45, 2.75) is 13.0 Å². The van der Waals surface area contributed by atoms with Crippen molar-refractivity contribution in [3.8, 4) is 5.75 Å². The van der Waals surface area contributed by atoms with Gasteiger partial charge < -0.3 is 15.8 Å². The molecule has 2 aromatic carbocycles. The Morgan fingerprint density at radius 1 is 1.00 bits per heavy atom. The number of anilines is 1. The number of nitrogens with one attached hydrogen (secondary N) is 1. The second-order valence-electron chi connectivity index (χ2n) is 5.55. The summed E-state index contributed by atoms with van der Waals surface area (Å²) in [6.07, 6.45) is 0.993. The second-order valence-corrected chi connectivity index (χ2v) is 5.55. The Balaban J connectivity index is 0.00000156. The molecule has 4 nitrogen and oxygen atoms in total. The topological polar surface area (TPSA) is 60.2 Å². The molecule has 0 aliphatic rings. The lowest BCUT2D eigenvalue weighted by Crippen LogP contribution is -2.10. The van der Waals surface area contributed by atoms with Crippen molar-refractivity contribution in [1.29, 1.82) is 0 Å². The first-order valence-electron chi connectivity index (χ1n) is 7.76. The number of rotatable bonds is 6. The lowest BCUT2D eigenvalue weighted by atomic mass is 10.1. The van der Waals surface area contributed by atoms with Crippen molar-refractivity contribution in [2.24, 2.45) is 0 Å². The van der Waals surface area contributed by atoms with E-state index in [9.17, 15) is 0 Å². The number of nitrogens with zero attached hydrogens (tertiary/aromatic N) is 1. The zero-order valence-electron chi connectivity index (χ0n) is 14.1. The minimum atomic E-state index is 0. The molecule has 3 aromatic rings. The van der Waals surface area contributed by atoms with Gasteiger partial charge in [0.2, 0.25) is 0 Å². The number of aromatic nitrogens is 1. The Labute approximate surface area is 160 Å². The van der Waals surface area contributed by atoms with E-state index in [4.69, 9.17) is 10.5 Å². The molecular weight excluding hydrogens is 357 g/mol. The first-order valence-corrected chi connectivity index (χ1v) is 7.76.